The molecule has 0 radical (unpaired) electrons. The predicted molar refractivity (Wildman–Crippen MR) is 65.1 cm³/mol. The van der Waals surface area contributed by atoms with E-state index >= 15 is 0 Å². The van der Waals surface area contributed by atoms with Crippen LogP contribution in [0.2, 0.25) is 0 Å². The van der Waals surface area contributed by atoms with Gasteiger partial charge in [0.2, 0.25) is 0 Å². The van der Waals surface area contributed by atoms with Gasteiger partial charge < -0.3 is 15.5 Å². The summed E-state index contributed by atoms with van der Waals surface area (Å²) in [4.78, 5) is 11.6. The van der Waals surface area contributed by atoms with E-state index in [0.717, 1.165) is 18.2 Å². The van der Waals surface area contributed by atoms with Gasteiger partial charge in [0.05, 0.1) is 0 Å². The molecule has 0 aromatic heterocycles. The zero-order chi connectivity index (χ0) is 12.0. The first-order valence-corrected chi connectivity index (χ1v) is 6.13. The quantitative estimate of drug-likeness (QED) is 0.573. The van der Waals surface area contributed by atoms with Gasteiger partial charge in [0.25, 0.3) is 5.91 Å². The van der Waals surface area contributed by atoms with Crippen molar-refractivity contribution >= 4 is 21.8 Å². The van der Waals surface area contributed by atoms with Crippen LogP contribution in [0, 0.1) is 0 Å². The van der Waals surface area contributed by atoms with Gasteiger partial charge in [-0.1, -0.05) is 15.9 Å². The maximum atomic E-state index is 11.6. The Kier molecular flexibility index (Phi) is 5.11. The lowest BCUT2D eigenvalue weighted by atomic mass is 10.2. The molecule has 1 rings (SSSR count). The molecule has 16 heavy (non-hydrogen) atoms. The Morgan fingerprint density at radius 2 is 1.81 bits per heavy atom. The third-order valence-corrected chi connectivity index (χ3v) is 2.57. The van der Waals surface area contributed by atoms with E-state index in [4.69, 9.17) is 0 Å². The van der Waals surface area contributed by atoms with Gasteiger partial charge in [-0.2, -0.15) is 0 Å². The average molecular weight is 288 g/mol. The molecule has 1 amide bonds. The van der Waals surface area contributed by atoms with Gasteiger partial charge >= 0.3 is 0 Å². The maximum Gasteiger partial charge on any atom is 0.251 e. The monoisotopic (exact) mass is 287 g/mol. The first kappa shape index (κ1) is 12.8. The second kappa shape index (κ2) is 6.37. The summed E-state index contributed by atoms with van der Waals surface area (Å²) < 4.78 is 0. The number of alkyl halides is 1. The van der Waals surface area contributed by atoms with E-state index < -0.39 is 0 Å². The number of hydrogen-bond acceptors (Lipinski definition) is 3. The zero-order valence-electron chi connectivity index (χ0n) is 8.74. The average Bonchev–Trinajstić information content (AvgIpc) is 2.22. The number of aromatic hydroxyl groups is 2. The molecule has 0 saturated carbocycles. The fraction of sp³-hybridized carbons (Fsp3) is 0.364. The number of halogens is 1. The number of nitrogens with one attached hydrogen (secondary N) is 1. The van der Waals surface area contributed by atoms with Crippen molar-refractivity contribution in [2.75, 3.05) is 11.9 Å². The largest absolute Gasteiger partial charge is 0.508 e. The first-order valence-electron chi connectivity index (χ1n) is 5.00. The number of unbranched alkanes of at least 4 members (excludes halogenated alkanes) is 1. The summed E-state index contributed by atoms with van der Waals surface area (Å²) in [6, 6.07) is 3.82. The predicted octanol–water partition coefficient (Wildman–Crippen LogP) is 2.00. The summed E-state index contributed by atoms with van der Waals surface area (Å²) in [6.07, 6.45) is 1.88. The molecular weight excluding hydrogens is 274 g/mol. The molecule has 4 nitrogen and oxygen atoms in total. The summed E-state index contributed by atoms with van der Waals surface area (Å²) >= 11 is 3.30. The van der Waals surface area contributed by atoms with Gasteiger partial charge in [-0.3, -0.25) is 4.79 Å². The lowest BCUT2D eigenvalue weighted by Crippen LogP contribution is -2.24. The molecule has 0 aliphatic heterocycles. The minimum atomic E-state index is -0.291. The van der Waals surface area contributed by atoms with Gasteiger partial charge in [0, 0.05) is 23.5 Å². The van der Waals surface area contributed by atoms with Crippen LogP contribution >= 0.6 is 15.9 Å². The summed E-state index contributed by atoms with van der Waals surface area (Å²) in [5.41, 5.74) is 0.261. The molecule has 5 heteroatoms. The minimum Gasteiger partial charge on any atom is -0.508 e. The Labute approximate surface area is 102 Å². The van der Waals surface area contributed by atoms with Gasteiger partial charge in [-0.25, -0.2) is 0 Å². The van der Waals surface area contributed by atoms with E-state index in [2.05, 4.69) is 21.2 Å². The minimum absolute atomic E-state index is 0.120. The molecule has 0 fully saturated rings. The second-order valence-electron chi connectivity index (χ2n) is 3.39. The molecule has 0 aliphatic rings. The van der Waals surface area contributed by atoms with E-state index in [1.807, 2.05) is 0 Å². The molecule has 0 atom stereocenters. The van der Waals surface area contributed by atoms with Crippen LogP contribution in [-0.4, -0.2) is 28.0 Å². The highest BCUT2D eigenvalue weighted by Gasteiger charge is 2.07. The number of benzene rings is 1. The van der Waals surface area contributed by atoms with Crippen molar-refractivity contribution in [3.8, 4) is 11.5 Å². The molecule has 0 unspecified atom stereocenters. The Balaban J connectivity index is 2.52. The molecule has 0 saturated heterocycles. The highest BCUT2D eigenvalue weighted by Crippen LogP contribution is 2.20. The van der Waals surface area contributed by atoms with Gasteiger partial charge in [0.15, 0.2) is 0 Å². The SMILES string of the molecule is O=C(NCCCCBr)c1cc(O)cc(O)c1. The van der Waals surface area contributed by atoms with Crippen molar-refractivity contribution in [1.82, 2.24) is 5.32 Å². The fourth-order valence-corrected chi connectivity index (χ4v) is 1.65. The second-order valence-corrected chi connectivity index (χ2v) is 4.18. The van der Waals surface area contributed by atoms with E-state index in [0.29, 0.717) is 6.54 Å². The van der Waals surface area contributed by atoms with Crippen molar-refractivity contribution in [3.63, 3.8) is 0 Å². The Hall–Kier alpha value is -1.23. The first-order chi connectivity index (χ1) is 7.63. The number of phenolic OH excluding ortho intramolecular Hbond substituents is 2. The summed E-state index contributed by atoms with van der Waals surface area (Å²) in [5.74, 6) is -0.531. The summed E-state index contributed by atoms with van der Waals surface area (Å²) in [6.45, 7) is 0.584. The molecule has 1 aromatic rings. The third kappa shape index (κ3) is 4.10. The number of amides is 1. The van der Waals surface area contributed by atoms with Crippen LogP contribution in [-0.2, 0) is 0 Å². The van der Waals surface area contributed by atoms with Crippen LogP contribution in [0.5, 0.6) is 11.5 Å². The van der Waals surface area contributed by atoms with Gasteiger partial charge in [0.1, 0.15) is 11.5 Å². The van der Waals surface area contributed by atoms with Crippen LogP contribution in [0.4, 0.5) is 0 Å². The molecule has 1 aromatic carbocycles. The number of hydrogen-bond donors (Lipinski definition) is 3. The van der Waals surface area contributed by atoms with Crippen LogP contribution < -0.4 is 5.32 Å². The van der Waals surface area contributed by atoms with Gasteiger partial charge in [-0.05, 0) is 25.0 Å². The fourth-order valence-electron chi connectivity index (χ4n) is 1.25. The highest BCUT2D eigenvalue weighted by atomic mass is 79.9. The molecule has 0 bridgehead atoms. The zero-order valence-corrected chi connectivity index (χ0v) is 10.3. The molecule has 88 valence electrons. The van der Waals surface area contributed by atoms with Crippen LogP contribution in [0.3, 0.4) is 0 Å². The molecule has 0 spiro atoms. The Bertz CT molecular complexity index is 348. The van der Waals surface area contributed by atoms with Crippen LogP contribution in [0.15, 0.2) is 18.2 Å². The number of carbonyl (C=O) groups excluding carboxylic acids is 1. The topological polar surface area (TPSA) is 69.6 Å². The van der Waals surface area contributed by atoms with Gasteiger partial charge in [-0.15, -0.1) is 0 Å². The van der Waals surface area contributed by atoms with E-state index in [-0.39, 0.29) is 23.0 Å². The standard InChI is InChI=1S/C11H14BrNO3/c12-3-1-2-4-13-11(16)8-5-9(14)7-10(15)6-8/h5-7,14-15H,1-4H2,(H,13,16). The van der Waals surface area contributed by atoms with Crippen molar-refractivity contribution in [3.05, 3.63) is 23.8 Å². The maximum absolute atomic E-state index is 11.6. The van der Waals surface area contributed by atoms with E-state index in [9.17, 15) is 15.0 Å². The van der Waals surface area contributed by atoms with Crippen LogP contribution in [0.1, 0.15) is 23.2 Å². The van der Waals surface area contributed by atoms with Crippen LogP contribution in [0.25, 0.3) is 0 Å². The number of rotatable bonds is 5. The Morgan fingerprint density at radius 1 is 1.19 bits per heavy atom. The highest BCUT2D eigenvalue weighted by molar-refractivity contribution is 9.09. The van der Waals surface area contributed by atoms with Crippen molar-refractivity contribution < 1.29 is 15.0 Å². The van der Waals surface area contributed by atoms with E-state index in [1.165, 1.54) is 18.2 Å². The van der Waals surface area contributed by atoms with Crippen molar-refractivity contribution in [2.45, 2.75) is 12.8 Å². The lowest BCUT2D eigenvalue weighted by molar-refractivity contribution is 0.0952. The summed E-state index contributed by atoms with van der Waals surface area (Å²) in [5, 5.41) is 22.0. The molecule has 0 aliphatic carbocycles. The summed E-state index contributed by atoms with van der Waals surface area (Å²) in [7, 11) is 0. The lowest BCUT2D eigenvalue weighted by Gasteiger charge is -2.05. The normalized spacial score (nSPS) is 10.1. The van der Waals surface area contributed by atoms with Crippen molar-refractivity contribution in [1.29, 1.82) is 0 Å². The Morgan fingerprint density at radius 3 is 2.38 bits per heavy atom. The molecule has 0 heterocycles. The smallest absolute Gasteiger partial charge is 0.251 e. The number of carbonyl (C=O) groups is 1. The number of phenols is 2. The molecular formula is C11H14BrNO3. The van der Waals surface area contributed by atoms with E-state index in [1.54, 1.807) is 0 Å². The van der Waals surface area contributed by atoms with Crippen molar-refractivity contribution in [2.24, 2.45) is 0 Å². The molecule has 3 N–H and O–H groups in total. The third-order valence-electron chi connectivity index (χ3n) is 2.01.